The normalized spacial score (nSPS) is 12.2. The molecule has 4 heteroatoms. The second-order valence-electron chi connectivity index (χ2n) is 3.91. The van der Waals surface area contributed by atoms with Crippen LogP contribution < -0.4 is 15.8 Å². The van der Waals surface area contributed by atoms with Crippen molar-refractivity contribution < 1.29 is 9.13 Å². The Hall–Kier alpha value is -1.29. The van der Waals surface area contributed by atoms with Crippen LogP contribution in [0.1, 0.15) is 13.3 Å². The summed E-state index contributed by atoms with van der Waals surface area (Å²) in [6.45, 7) is 3.57. The van der Waals surface area contributed by atoms with Gasteiger partial charge in [0.05, 0.1) is 7.11 Å². The zero-order valence-corrected chi connectivity index (χ0v) is 9.79. The molecule has 0 aliphatic carbocycles. The molecule has 90 valence electrons. The molecular weight excluding hydrogens is 207 g/mol. The average molecular weight is 226 g/mol. The van der Waals surface area contributed by atoms with Crippen molar-refractivity contribution in [3.63, 3.8) is 0 Å². The molecule has 0 aliphatic heterocycles. The van der Waals surface area contributed by atoms with E-state index in [0.29, 0.717) is 12.5 Å². The Balaban J connectivity index is 2.46. The van der Waals surface area contributed by atoms with Crippen LogP contribution in [-0.2, 0) is 0 Å². The number of anilines is 1. The van der Waals surface area contributed by atoms with Crippen LogP contribution in [0, 0.1) is 11.7 Å². The number of ether oxygens (including phenoxy) is 1. The van der Waals surface area contributed by atoms with Gasteiger partial charge in [0, 0.05) is 18.3 Å². The van der Waals surface area contributed by atoms with E-state index in [1.54, 1.807) is 12.1 Å². The Labute approximate surface area is 95.8 Å². The van der Waals surface area contributed by atoms with Gasteiger partial charge in [0.1, 0.15) is 0 Å². The van der Waals surface area contributed by atoms with E-state index in [1.165, 1.54) is 13.2 Å². The van der Waals surface area contributed by atoms with Gasteiger partial charge < -0.3 is 15.8 Å². The van der Waals surface area contributed by atoms with Crippen LogP contribution in [0.4, 0.5) is 10.1 Å². The Morgan fingerprint density at radius 2 is 2.25 bits per heavy atom. The molecule has 1 unspecified atom stereocenters. The predicted molar refractivity (Wildman–Crippen MR) is 64.3 cm³/mol. The van der Waals surface area contributed by atoms with Crippen LogP contribution in [0.5, 0.6) is 5.75 Å². The van der Waals surface area contributed by atoms with E-state index in [9.17, 15) is 4.39 Å². The number of hydrogen-bond donors (Lipinski definition) is 2. The number of nitrogens with one attached hydrogen (secondary N) is 1. The summed E-state index contributed by atoms with van der Waals surface area (Å²) < 4.78 is 18.2. The molecule has 0 bridgehead atoms. The number of nitrogens with two attached hydrogens (primary N) is 1. The van der Waals surface area contributed by atoms with Crippen molar-refractivity contribution in [3.05, 3.63) is 24.0 Å². The number of benzene rings is 1. The summed E-state index contributed by atoms with van der Waals surface area (Å²) in [5.74, 6) is 0.399. The Kier molecular flexibility index (Phi) is 5.05. The van der Waals surface area contributed by atoms with Gasteiger partial charge in [-0.05, 0) is 31.0 Å². The highest BCUT2D eigenvalue weighted by Crippen LogP contribution is 2.20. The van der Waals surface area contributed by atoms with Crippen molar-refractivity contribution in [1.82, 2.24) is 0 Å². The molecule has 0 aliphatic rings. The van der Waals surface area contributed by atoms with Crippen molar-refractivity contribution in [2.75, 3.05) is 25.5 Å². The molecule has 1 aromatic rings. The molecule has 16 heavy (non-hydrogen) atoms. The molecule has 0 amide bonds. The van der Waals surface area contributed by atoms with Gasteiger partial charge in [-0.2, -0.15) is 0 Å². The molecule has 0 radical (unpaired) electrons. The van der Waals surface area contributed by atoms with Crippen molar-refractivity contribution in [1.29, 1.82) is 0 Å². The third kappa shape index (κ3) is 3.70. The van der Waals surface area contributed by atoms with Gasteiger partial charge in [0.2, 0.25) is 0 Å². The molecule has 0 aromatic heterocycles. The Morgan fingerprint density at radius 1 is 1.50 bits per heavy atom. The number of rotatable bonds is 6. The Morgan fingerprint density at radius 3 is 2.81 bits per heavy atom. The maximum Gasteiger partial charge on any atom is 0.167 e. The number of hydrogen-bond acceptors (Lipinski definition) is 3. The molecule has 0 spiro atoms. The third-order valence-corrected chi connectivity index (χ3v) is 2.52. The molecule has 1 aromatic carbocycles. The largest absolute Gasteiger partial charge is 0.494 e. The van der Waals surface area contributed by atoms with Crippen molar-refractivity contribution >= 4 is 5.69 Å². The molecule has 0 fully saturated rings. The first-order valence-electron chi connectivity index (χ1n) is 5.45. The monoisotopic (exact) mass is 226 g/mol. The molecular formula is C12H19FN2O. The lowest BCUT2D eigenvalue weighted by Crippen LogP contribution is -2.14. The SMILES string of the molecule is COc1ccc(NCCC(C)CN)cc1F. The first kappa shape index (κ1) is 12.8. The number of methoxy groups -OCH3 is 1. The first-order chi connectivity index (χ1) is 7.67. The van der Waals surface area contributed by atoms with Crippen LogP contribution in [0.3, 0.4) is 0 Å². The van der Waals surface area contributed by atoms with E-state index in [4.69, 9.17) is 10.5 Å². The summed E-state index contributed by atoms with van der Waals surface area (Å²) in [6, 6.07) is 4.85. The summed E-state index contributed by atoms with van der Waals surface area (Å²) >= 11 is 0. The van der Waals surface area contributed by atoms with Crippen molar-refractivity contribution in [2.24, 2.45) is 11.7 Å². The number of halogens is 1. The van der Waals surface area contributed by atoms with Crippen LogP contribution in [0.25, 0.3) is 0 Å². The Bertz CT molecular complexity index is 331. The highest BCUT2D eigenvalue weighted by molar-refractivity contribution is 5.47. The summed E-state index contributed by atoms with van der Waals surface area (Å²) in [4.78, 5) is 0. The van der Waals surface area contributed by atoms with Crippen LogP contribution in [0.2, 0.25) is 0 Å². The first-order valence-corrected chi connectivity index (χ1v) is 5.45. The van der Waals surface area contributed by atoms with Crippen LogP contribution in [-0.4, -0.2) is 20.2 Å². The van der Waals surface area contributed by atoms with E-state index in [2.05, 4.69) is 12.2 Å². The molecule has 1 atom stereocenters. The summed E-state index contributed by atoms with van der Waals surface area (Å²) in [5.41, 5.74) is 6.28. The highest BCUT2D eigenvalue weighted by Gasteiger charge is 2.03. The lowest BCUT2D eigenvalue weighted by atomic mass is 10.1. The molecule has 1 rings (SSSR count). The maximum absolute atomic E-state index is 13.3. The quantitative estimate of drug-likeness (QED) is 0.782. The fraction of sp³-hybridized carbons (Fsp3) is 0.500. The van der Waals surface area contributed by atoms with Gasteiger partial charge in [0.25, 0.3) is 0 Å². The lowest BCUT2D eigenvalue weighted by Gasteiger charge is -2.11. The van der Waals surface area contributed by atoms with Gasteiger partial charge in [-0.25, -0.2) is 4.39 Å². The van der Waals surface area contributed by atoms with E-state index in [-0.39, 0.29) is 11.6 Å². The maximum atomic E-state index is 13.3. The second-order valence-corrected chi connectivity index (χ2v) is 3.91. The van der Waals surface area contributed by atoms with E-state index in [0.717, 1.165) is 18.7 Å². The average Bonchev–Trinajstić information content (AvgIpc) is 2.29. The second kappa shape index (κ2) is 6.33. The molecule has 3 nitrogen and oxygen atoms in total. The predicted octanol–water partition coefficient (Wildman–Crippen LogP) is 2.23. The highest BCUT2D eigenvalue weighted by atomic mass is 19.1. The third-order valence-electron chi connectivity index (χ3n) is 2.52. The summed E-state index contributed by atoms with van der Waals surface area (Å²) in [6.07, 6.45) is 0.976. The molecule has 0 saturated carbocycles. The van der Waals surface area contributed by atoms with Gasteiger partial charge in [-0.15, -0.1) is 0 Å². The van der Waals surface area contributed by atoms with Crippen LogP contribution in [0.15, 0.2) is 18.2 Å². The van der Waals surface area contributed by atoms with Crippen LogP contribution >= 0.6 is 0 Å². The minimum Gasteiger partial charge on any atom is -0.494 e. The zero-order chi connectivity index (χ0) is 12.0. The zero-order valence-electron chi connectivity index (χ0n) is 9.79. The molecule has 3 N–H and O–H groups in total. The standard InChI is InChI=1S/C12H19FN2O/c1-9(8-14)5-6-15-10-3-4-12(16-2)11(13)7-10/h3-4,7,9,15H,5-6,8,14H2,1-2H3. The van der Waals surface area contributed by atoms with Gasteiger partial charge in [0.15, 0.2) is 11.6 Å². The van der Waals surface area contributed by atoms with Crippen molar-refractivity contribution in [2.45, 2.75) is 13.3 Å². The minimum absolute atomic E-state index is 0.265. The fourth-order valence-electron chi connectivity index (χ4n) is 1.36. The van der Waals surface area contributed by atoms with E-state index >= 15 is 0 Å². The summed E-state index contributed by atoms with van der Waals surface area (Å²) in [5, 5.41) is 3.15. The van der Waals surface area contributed by atoms with Gasteiger partial charge in [-0.1, -0.05) is 6.92 Å². The topological polar surface area (TPSA) is 47.3 Å². The minimum atomic E-state index is -0.348. The smallest absolute Gasteiger partial charge is 0.167 e. The fourth-order valence-corrected chi connectivity index (χ4v) is 1.36. The molecule has 0 heterocycles. The lowest BCUT2D eigenvalue weighted by molar-refractivity contribution is 0.386. The molecule has 0 saturated heterocycles. The van der Waals surface area contributed by atoms with Crippen molar-refractivity contribution in [3.8, 4) is 5.75 Å². The van der Waals surface area contributed by atoms with E-state index < -0.39 is 0 Å². The van der Waals surface area contributed by atoms with Gasteiger partial charge >= 0.3 is 0 Å². The van der Waals surface area contributed by atoms with E-state index in [1.807, 2.05) is 0 Å². The summed E-state index contributed by atoms with van der Waals surface area (Å²) in [7, 11) is 1.45. The van der Waals surface area contributed by atoms with Gasteiger partial charge in [-0.3, -0.25) is 0 Å².